The molecule has 12 heavy (non-hydrogen) atoms. The van der Waals surface area contributed by atoms with Crippen LogP contribution >= 0.6 is 11.6 Å². The van der Waals surface area contributed by atoms with Crippen LogP contribution in [0.25, 0.3) is 0 Å². The second-order valence-corrected chi connectivity index (χ2v) is 3.58. The molecule has 0 unspecified atom stereocenters. The Balaban J connectivity index is 0.000000845. The van der Waals surface area contributed by atoms with Gasteiger partial charge in [-0.3, -0.25) is 0 Å². The van der Waals surface area contributed by atoms with Crippen LogP contribution in [0.4, 0.5) is 10.1 Å². The lowest BCUT2D eigenvalue weighted by Gasteiger charge is -2.03. The zero-order valence-electron chi connectivity index (χ0n) is 6.48. The second-order valence-electron chi connectivity index (χ2n) is 3.17. The van der Waals surface area contributed by atoms with Crippen molar-refractivity contribution in [2.24, 2.45) is 0 Å². The summed E-state index contributed by atoms with van der Waals surface area (Å²) in [6, 6.07) is 2.94. The molecule has 0 bridgehead atoms. The van der Waals surface area contributed by atoms with E-state index in [4.69, 9.17) is 17.3 Å². The van der Waals surface area contributed by atoms with Gasteiger partial charge in [0.2, 0.25) is 0 Å². The van der Waals surface area contributed by atoms with Crippen LogP contribution in [0.2, 0.25) is 5.02 Å². The monoisotopic (exact) mass is 187 g/mol. The van der Waals surface area contributed by atoms with E-state index in [2.05, 4.69) is 0 Å². The van der Waals surface area contributed by atoms with Gasteiger partial charge in [-0.25, -0.2) is 4.39 Å². The maximum atomic E-state index is 13.0. The first-order valence-corrected chi connectivity index (χ1v) is 4.30. The highest BCUT2D eigenvalue weighted by Gasteiger charge is 2.26. The van der Waals surface area contributed by atoms with Crippen molar-refractivity contribution in [2.45, 2.75) is 18.8 Å². The third kappa shape index (κ3) is 1.27. The van der Waals surface area contributed by atoms with Crippen LogP contribution in [-0.2, 0) is 0 Å². The summed E-state index contributed by atoms with van der Waals surface area (Å²) in [5.74, 6) is 0.105. The van der Waals surface area contributed by atoms with Crippen molar-refractivity contribution in [1.29, 1.82) is 0 Å². The molecular weight excluding hydrogens is 177 g/mol. The highest BCUT2D eigenvalue weighted by molar-refractivity contribution is 6.31. The highest BCUT2D eigenvalue weighted by atomic mass is 35.5. The number of hydrogen-bond donors (Lipinski definition) is 1. The molecule has 2 N–H and O–H groups in total. The maximum Gasteiger partial charge on any atom is 0.146 e. The fraction of sp³-hybridized carbons (Fsp3) is 0.333. The molecule has 0 aromatic heterocycles. The van der Waals surface area contributed by atoms with Gasteiger partial charge in [-0.05, 0) is 36.5 Å². The first kappa shape index (κ1) is 7.87. The van der Waals surface area contributed by atoms with Crippen molar-refractivity contribution >= 4 is 17.3 Å². The topological polar surface area (TPSA) is 26.0 Å². The fourth-order valence-electron chi connectivity index (χ4n) is 1.28. The van der Waals surface area contributed by atoms with Gasteiger partial charge in [0.25, 0.3) is 0 Å². The average Bonchev–Trinajstić information content (AvgIpc) is 2.79. The summed E-state index contributed by atoms with van der Waals surface area (Å²) in [7, 11) is 0. The summed E-state index contributed by atoms with van der Waals surface area (Å²) in [6.07, 6.45) is 2.23. The lowest BCUT2D eigenvalue weighted by molar-refractivity contribution is 0.630. The summed E-state index contributed by atoms with van der Waals surface area (Å²) in [6.45, 7) is 0. The van der Waals surface area contributed by atoms with Gasteiger partial charge < -0.3 is 5.73 Å². The van der Waals surface area contributed by atoms with Crippen LogP contribution in [0, 0.1) is 5.82 Å². The van der Waals surface area contributed by atoms with Crippen molar-refractivity contribution in [3.05, 3.63) is 28.5 Å². The molecule has 0 atom stereocenters. The van der Waals surface area contributed by atoms with Gasteiger partial charge in [-0.1, -0.05) is 11.6 Å². The molecule has 1 aromatic rings. The van der Waals surface area contributed by atoms with Gasteiger partial charge >= 0.3 is 0 Å². The van der Waals surface area contributed by atoms with E-state index in [1.165, 1.54) is 12.1 Å². The third-order valence-corrected chi connectivity index (χ3v) is 2.46. The van der Waals surface area contributed by atoms with Crippen LogP contribution in [-0.4, -0.2) is 0 Å². The van der Waals surface area contributed by atoms with Crippen molar-refractivity contribution in [3.8, 4) is 0 Å². The Labute approximate surface area is 76.8 Å². The molecule has 2 rings (SSSR count). The number of halogens is 2. The van der Waals surface area contributed by atoms with Crippen molar-refractivity contribution in [1.82, 2.24) is 0 Å². The molecule has 0 spiro atoms. The van der Waals surface area contributed by atoms with Crippen LogP contribution in [0.3, 0.4) is 0 Å². The number of benzene rings is 1. The minimum absolute atomic E-state index is 0. The summed E-state index contributed by atoms with van der Waals surface area (Å²) in [4.78, 5) is 0. The molecule has 66 valence electrons. The smallest absolute Gasteiger partial charge is 0.146 e. The zero-order valence-corrected chi connectivity index (χ0v) is 7.24. The zero-order chi connectivity index (χ0) is 8.72. The summed E-state index contributed by atoms with van der Waals surface area (Å²) in [5, 5.41) is 0.594. The van der Waals surface area contributed by atoms with E-state index in [0.29, 0.717) is 10.9 Å². The average molecular weight is 188 g/mol. The van der Waals surface area contributed by atoms with Crippen molar-refractivity contribution in [2.75, 3.05) is 5.73 Å². The molecule has 1 aromatic carbocycles. The predicted octanol–water partition coefficient (Wildman–Crippen LogP) is 3.18. The molecule has 0 saturated heterocycles. The summed E-state index contributed by atoms with van der Waals surface area (Å²) >= 11 is 5.89. The standard InChI is InChI=1S/C9H9ClFN.H2/c10-7-4-9(12)8(11)3-6(7)5-1-2-5;/h3-5H,1-2,12H2;1H. The first-order chi connectivity index (χ1) is 5.68. The normalized spacial score (nSPS) is 16.5. The Hall–Kier alpha value is -0.760. The molecule has 1 fully saturated rings. The van der Waals surface area contributed by atoms with E-state index < -0.39 is 0 Å². The van der Waals surface area contributed by atoms with E-state index >= 15 is 0 Å². The van der Waals surface area contributed by atoms with Crippen LogP contribution in [0.1, 0.15) is 25.7 Å². The number of anilines is 1. The van der Waals surface area contributed by atoms with Gasteiger partial charge in [-0.2, -0.15) is 0 Å². The largest absolute Gasteiger partial charge is 0.396 e. The Morgan fingerprint density at radius 2 is 2.17 bits per heavy atom. The van der Waals surface area contributed by atoms with Crippen LogP contribution in [0.15, 0.2) is 12.1 Å². The third-order valence-electron chi connectivity index (χ3n) is 2.13. The Morgan fingerprint density at radius 3 is 2.75 bits per heavy atom. The lowest BCUT2D eigenvalue weighted by atomic mass is 10.1. The molecule has 1 saturated carbocycles. The maximum absolute atomic E-state index is 13.0. The number of nitrogen functional groups attached to an aromatic ring is 1. The minimum atomic E-state index is -0.360. The lowest BCUT2D eigenvalue weighted by Crippen LogP contribution is -1.93. The molecule has 0 heterocycles. The van der Waals surface area contributed by atoms with Gasteiger partial charge in [-0.15, -0.1) is 0 Å². The SMILES string of the molecule is Nc1cc(Cl)c(C2CC2)cc1F.[HH]. The molecule has 1 nitrogen and oxygen atoms in total. The number of hydrogen-bond acceptors (Lipinski definition) is 1. The fourth-order valence-corrected chi connectivity index (χ4v) is 1.61. The number of rotatable bonds is 1. The molecule has 0 radical (unpaired) electrons. The minimum Gasteiger partial charge on any atom is -0.396 e. The van der Waals surface area contributed by atoms with Gasteiger partial charge in [0.15, 0.2) is 0 Å². The Bertz CT molecular complexity index is 326. The van der Waals surface area contributed by atoms with Crippen molar-refractivity contribution in [3.63, 3.8) is 0 Å². The molecule has 3 heteroatoms. The van der Waals surface area contributed by atoms with E-state index in [1.807, 2.05) is 0 Å². The van der Waals surface area contributed by atoms with Gasteiger partial charge in [0, 0.05) is 6.45 Å². The second kappa shape index (κ2) is 2.63. The molecular formula is C9H11ClFN. The molecule has 1 aliphatic carbocycles. The quantitative estimate of drug-likeness (QED) is 0.672. The van der Waals surface area contributed by atoms with Gasteiger partial charge in [0.05, 0.1) is 5.69 Å². The van der Waals surface area contributed by atoms with E-state index in [0.717, 1.165) is 18.4 Å². The predicted molar refractivity (Wildman–Crippen MR) is 49.9 cm³/mol. The molecule has 0 amide bonds. The Morgan fingerprint density at radius 1 is 1.50 bits per heavy atom. The molecule has 1 aliphatic rings. The van der Waals surface area contributed by atoms with E-state index in [1.54, 1.807) is 0 Å². The first-order valence-electron chi connectivity index (χ1n) is 3.93. The van der Waals surface area contributed by atoms with E-state index in [-0.39, 0.29) is 12.9 Å². The number of nitrogens with two attached hydrogens (primary N) is 1. The van der Waals surface area contributed by atoms with Crippen LogP contribution < -0.4 is 5.73 Å². The Kier molecular flexibility index (Phi) is 1.72. The summed E-state index contributed by atoms with van der Waals surface area (Å²) in [5.41, 5.74) is 6.39. The van der Waals surface area contributed by atoms with Crippen LogP contribution in [0.5, 0.6) is 0 Å². The van der Waals surface area contributed by atoms with Gasteiger partial charge in [0.1, 0.15) is 5.82 Å². The van der Waals surface area contributed by atoms with E-state index in [9.17, 15) is 4.39 Å². The summed E-state index contributed by atoms with van der Waals surface area (Å²) < 4.78 is 13.0. The molecule has 0 aliphatic heterocycles. The highest BCUT2D eigenvalue weighted by Crippen LogP contribution is 2.44. The van der Waals surface area contributed by atoms with Crippen molar-refractivity contribution < 1.29 is 5.82 Å².